The number of amides is 1. The molecule has 2 heterocycles. The van der Waals surface area contributed by atoms with Crippen molar-refractivity contribution in [3.63, 3.8) is 0 Å². The molecule has 2 N–H and O–H groups in total. The molecule has 160 valence electrons. The Morgan fingerprint density at radius 3 is 2.52 bits per heavy atom. The van der Waals surface area contributed by atoms with E-state index in [0.717, 1.165) is 69.3 Å². The molecule has 0 atom stereocenters. The summed E-state index contributed by atoms with van der Waals surface area (Å²) in [6, 6.07) is 8.18. The Morgan fingerprint density at radius 2 is 1.93 bits per heavy atom. The molecule has 0 aromatic heterocycles. The van der Waals surface area contributed by atoms with Crippen LogP contribution in [0, 0.1) is 0 Å². The number of benzene rings is 1. The zero-order chi connectivity index (χ0) is 20.7. The van der Waals surface area contributed by atoms with E-state index in [9.17, 15) is 4.79 Å². The number of nitrogens with one attached hydrogen (secondary N) is 2. The minimum atomic E-state index is 0.0956. The summed E-state index contributed by atoms with van der Waals surface area (Å²) in [6.07, 6.45) is 3.64. The van der Waals surface area contributed by atoms with E-state index in [1.54, 1.807) is 0 Å². The summed E-state index contributed by atoms with van der Waals surface area (Å²) < 4.78 is 5.56. The average molecular weight is 402 g/mol. The molecule has 29 heavy (non-hydrogen) atoms. The van der Waals surface area contributed by atoms with Gasteiger partial charge in [0, 0.05) is 50.5 Å². The maximum Gasteiger partial charge on any atom is 0.227 e. The summed E-state index contributed by atoms with van der Waals surface area (Å²) in [5.74, 6) is 1.05. The number of likely N-dealkylation sites (N-methyl/N-ethyl adjacent to an activating group) is 1. The normalized spacial score (nSPS) is 19.7. The van der Waals surface area contributed by atoms with Gasteiger partial charge >= 0.3 is 0 Å². The first-order valence-corrected chi connectivity index (χ1v) is 10.7. The minimum absolute atomic E-state index is 0.0956. The van der Waals surface area contributed by atoms with Gasteiger partial charge in [0.1, 0.15) is 0 Å². The lowest BCUT2D eigenvalue weighted by Gasteiger charge is -2.43. The van der Waals surface area contributed by atoms with Crippen molar-refractivity contribution in [2.45, 2.75) is 44.7 Å². The SMILES string of the molecule is CCNC(=NCc1ccc(N2CCCC2=O)cc1)NCC1(N(C)C)CCOCC1. The van der Waals surface area contributed by atoms with Gasteiger partial charge in [0.2, 0.25) is 5.91 Å². The number of hydrogen-bond donors (Lipinski definition) is 2. The fourth-order valence-corrected chi connectivity index (χ4v) is 4.00. The zero-order valence-corrected chi connectivity index (χ0v) is 18.0. The minimum Gasteiger partial charge on any atom is -0.381 e. The zero-order valence-electron chi connectivity index (χ0n) is 18.0. The third-order valence-electron chi connectivity index (χ3n) is 6.04. The summed E-state index contributed by atoms with van der Waals surface area (Å²) in [4.78, 5) is 20.8. The molecule has 7 nitrogen and oxygen atoms in total. The van der Waals surface area contributed by atoms with Crippen LogP contribution in [0.5, 0.6) is 0 Å². The van der Waals surface area contributed by atoms with Crippen LogP contribution in [0.25, 0.3) is 0 Å². The van der Waals surface area contributed by atoms with Gasteiger partial charge in [0.25, 0.3) is 0 Å². The number of carbonyl (C=O) groups is 1. The Bertz CT molecular complexity index is 696. The molecule has 2 saturated heterocycles. The van der Waals surface area contributed by atoms with Gasteiger partial charge in [-0.15, -0.1) is 0 Å². The van der Waals surface area contributed by atoms with E-state index in [2.05, 4.69) is 48.7 Å². The van der Waals surface area contributed by atoms with Gasteiger partial charge in [-0.2, -0.15) is 0 Å². The van der Waals surface area contributed by atoms with E-state index >= 15 is 0 Å². The van der Waals surface area contributed by atoms with Crippen LogP contribution in [0.1, 0.15) is 38.2 Å². The highest BCUT2D eigenvalue weighted by Gasteiger charge is 2.34. The number of aliphatic imine (C=N–C) groups is 1. The Balaban J connectivity index is 1.60. The molecule has 2 aliphatic heterocycles. The smallest absolute Gasteiger partial charge is 0.227 e. The van der Waals surface area contributed by atoms with E-state index in [0.29, 0.717) is 13.0 Å². The standard InChI is InChI=1S/C22H35N5O2/c1-4-23-21(25-17-22(26(2)3)11-14-29-15-12-22)24-16-18-7-9-19(10-8-18)27-13-5-6-20(27)28/h7-10H,4-6,11-17H2,1-3H3,(H2,23,24,25). The number of carbonyl (C=O) groups excluding carboxylic acids is 1. The molecule has 2 aliphatic rings. The van der Waals surface area contributed by atoms with Gasteiger partial charge in [-0.05, 0) is 58.0 Å². The van der Waals surface area contributed by atoms with Gasteiger partial charge in [0.15, 0.2) is 5.96 Å². The van der Waals surface area contributed by atoms with Crippen LogP contribution in [0.3, 0.4) is 0 Å². The number of rotatable bonds is 7. The lowest BCUT2D eigenvalue weighted by Crippen LogP contribution is -2.57. The molecular weight excluding hydrogens is 366 g/mol. The van der Waals surface area contributed by atoms with Crippen molar-refractivity contribution in [3.8, 4) is 0 Å². The first-order valence-electron chi connectivity index (χ1n) is 10.7. The van der Waals surface area contributed by atoms with Crippen molar-refractivity contribution in [1.29, 1.82) is 0 Å². The molecule has 0 radical (unpaired) electrons. The summed E-state index contributed by atoms with van der Waals surface area (Å²) in [5, 5.41) is 6.88. The maximum atomic E-state index is 11.9. The van der Waals surface area contributed by atoms with Crippen molar-refractivity contribution < 1.29 is 9.53 Å². The van der Waals surface area contributed by atoms with E-state index in [4.69, 9.17) is 9.73 Å². The molecule has 0 spiro atoms. The van der Waals surface area contributed by atoms with Crippen LogP contribution < -0.4 is 15.5 Å². The first-order chi connectivity index (χ1) is 14.0. The average Bonchev–Trinajstić information content (AvgIpc) is 3.17. The van der Waals surface area contributed by atoms with E-state index in [-0.39, 0.29) is 11.4 Å². The van der Waals surface area contributed by atoms with Crippen molar-refractivity contribution in [2.24, 2.45) is 4.99 Å². The molecule has 7 heteroatoms. The van der Waals surface area contributed by atoms with E-state index < -0.39 is 0 Å². The van der Waals surface area contributed by atoms with Crippen LogP contribution in [-0.2, 0) is 16.1 Å². The van der Waals surface area contributed by atoms with Crippen LogP contribution in [0.2, 0.25) is 0 Å². The lowest BCUT2D eigenvalue weighted by molar-refractivity contribution is -0.117. The second-order valence-electron chi connectivity index (χ2n) is 8.10. The molecule has 2 fully saturated rings. The highest BCUT2D eigenvalue weighted by Crippen LogP contribution is 2.25. The summed E-state index contributed by atoms with van der Waals surface area (Å²) in [5.41, 5.74) is 2.21. The topological polar surface area (TPSA) is 69.2 Å². The summed E-state index contributed by atoms with van der Waals surface area (Å²) in [6.45, 7) is 6.77. The fraction of sp³-hybridized carbons (Fsp3) is 0.636. The highest BCUT2D eigenvalue weighted by atomic mass is 16.5. The summed E-state index contributed by atoms with van der Waals surface area (Å²) >= 11 is 0. The van der Waals surface area contributed by atoms with Crippen LogP contribution in [-0.4, -0.2) is 69.2 Å². The van der Waals surface area contributed by atoms with Crippen molar-refractivity contribution >= 4 is 17.6 Å². The number of guanidine groups is 1. The predicted octanol–water partition coefficient (Wildman–Crippen LogP) is 1.98. The third kappa shape index (κ3) is 5.48. The Labute approximate surface area is 174 Å². The molecule has 0 saturated carbocycles. The molecule has 1 aromatic carbocycles. The van der Waals surface area contributed by atoms with Gasteiger partial charge in [-0.3, -0.25) is 4.79 Å². The molecule has 1 amide bonds. The monoisotopic (exact) mass is 401 g/mol. The van der Waals surface area contributed by atoms with Crippen LogP contribution in [0.4, 0.5) is 5.69 Å². The molecular formula is C22H35N5O2. The molecule has 0 bridgehead atoms. The predicted molar refractivity (Wildman–Crippen MR) is 117 cm³/mol. The van der Waals surface area contributed by atoms with Gasteiger partial charge in [-0.25, -0.2) is 4.99 Å². The van der Waals surface area contributed by atoms with E-state index in [1.807, 2.05) is 17.0 Å². The number of hydrogen-bond acceptors (Lipinski definition) is 4. The Hall–Kier alpha value is -2.12. The van der Waals surface area contributed by atoms with Crippen molar-refractivity contribution in [1.82, 2.24) is 15.5 Å². The Morgan fingerprint density at radius 1 is 1.21 bits per heavy atom. The highest BCUT2D eigenvalue weighted by molar-refractivity contribution is 5.95. The van der Waals surface area contributed by atoms with Gasteiger partial charge in [-0.1, -0.05) is 12.1 Å². The van der Waals surface area contributed by atoms with E-state index in [1.165, 1.54) is 0 Å². The summed E-state index contributed by atoms with van der Waals surface area (Å²) in [7, 11) is 4.29. The van der Waals surface area contributed by atoms with Gasteiger partial charge in [0.05, 0.1) is 6.54 Å². The van der Waals surface area contributed by atoms with Crippen molar-refractivity contribution in [2.75, 3.05) is 51.8 Å². The Kier molecular flexibility index (Phi) is 7.50. The lowest BCUT2D eigenvalue weighted by atomic mass is 9.88. The third-order valence-corrected chi connectivity index (χ3v) is 6.04. The fourth-order valence-electron chi connectivity index (χ4n) is 4.00. The molecule has 3 rings (SSSR count). The number of anilines is 1. The number of nitrogens with zero attached hydrogens (tertiary/aromatic N) is 3. The van der Waals surface area contributed by atoms with Crippen molar-refractivity contribution in [3.05, 3.63) is 29.8 Å². The second kappa shape index (κ2) is 10.1. The molecule has 1 aromatic rings. The number of ether oxygens (including phenoxy) is 1. The maximum absolute atomic E-state index is 11.9. The van der Waals surface area contributed by atoms with Crippen LogP contribution in [0.15, 0.2) is 29.3 Å². The second-order valence-corrected chi connectivity index (χ2v) is 8.10. The van der Waals surface area contributed by atoms with Gasteiger partial charge < -0.3 is 25.2 Å². The first kappa shape index (κ1) is 21.6. The molecule has 0 aliphatic carbocycles. The van der Waals surface area contributed by atoms with Crippen LogP contribution >= 0.6 is 0 Å². The quantitative estimate of drug-likeness (QED) is 0.540. The largest absolute Gasteiger partial charge is 0.381 e. The molecule has 0 unspecified atom stereocenters.